The molecular weight excluding hydrogens is 2250 g/mol. The van der Waals surface area contributed by atoms with E-state index in [4.69, 9.17) is 98.1 Å². The minimum Gasteiger partial charge on any atom is -0.427 e. The summed E-state index contributed by atoms with van der Waals surface area (Å²) in [6, 6.07) is 47.4. The zero-order chi connectivity index (χ0) is 96.7. The fourth-order valence-electron chi connectivity index (χ4n) is 11.2. The van der Waals surface area contributed by atoms with Gasteiger partial charge in [0.2, 0.25) is 0 Å². The Morgan fingerprint density at radius 2 is 0.682 bits per heavy atom. The fourth-order valence-corrected chi connectivity index (χ4v) is 14.1. The summed E-state index contributed by atoms with van der Waals surface area (Å²) in [5.74, 6) is -2.00. The highest BCUT2D eigenvalue weighted by molar-refractivity contribution is 9.11. The molecule has 0 saturated carbocycles. The molecule has 5 heterocycles. The van der Waals surface area contributed by atoms with Crippen LogP contribution in [0.25, 0.3) is 0 Å². The van der Waals surface area contributed by atoms with Gasteiger partial charge in [-0.25, -0.2) is 30.7 Å². The van der Waals surface area contributed by atoms with E-state index in [1.807, 2.05) is 84.8 Å². The SMILES string of the molecule is CB(O)OCc1cc(F)ccc1Br.CB(OCc1cc(F)ccc1Br)OC(C)C.CC1(C)COB(OCc2cc(F)ccc2Br)OC1.CC1(C)OB(OCc2cc(F)ccc2Br)OC1(C)C.COB(C)OCc1cc(F)ccc1Br.Cc1ccc(Br)c(COB2OCC(c3ccccc3)O2)c1.Fc1ccc(Br)c(COB2OCCCO2)c1.Fc1ccc(Br)c(COB2OCCO2)c1. The third-order valence-electron chi connectivity index (χ3n) is 19.0. The molecule has 1 N–H and O–H groups in total. The van der Waals surface area contributed by atoms with Crippen molar-refractivity contribution in [3.05, 3.63) is 308 Å². The van der Waals surface area contributed by atoms with E-state index in [0.29, 0.717) is 71.6 Å². The maximum atomic E-state index is 13.2. The molecule has 9 aromatic carbocycles. The van der Waals surface area contributed by atoms with Crippen molar-refractivity contribution in [1.29, 1.82) is 0 Å². The standard InChI is InChI=1S/C16H16BBrO3.C13H17BBrFO3.C12H15BBrFO3.C11H15BBrFO2.C10H11BBrFO3.C9H9BBrFO3.C9H11BBrFO2.C8H9BBrFO2/c1-12-7-8-15(18)14(9-12)10-19-17-20-11-16(21-17)13-5-3-2-4-6-13;1-12(2)13(3,4)19-14(18-12)17-8-9-7-10(16)5-6-11(9)15;1-12(2)7-17-13(18-8-12)16-6-9-5-10(15)3-4-11(9)14;1-8(2)16-12(3)15-7-9-6-10(14)4-5-11(9)13;12-10-3-2-9(13)6-8(10)7-16-11-14-4-1-5-15-11;11-9-2-1-8(12)5-7(9)6-15-10-13-3-4-14-10;1-10(13-2)14-6-7-5-8(12)3-4-9(7)11;1-9(12)13-5-6-4-7(11)2-3-8(6)10/h2-9,16H,10-11H2,1H3;5-7H,8H2,1-4H3;3-5H,6-8H2,1-2H3;4-6,8H,7H2,1-3H3;2-3,6H,1,4-5,7H2;1-2,5H,3-4,6H2;3-5H,6H2,1-2H3;2-4,12H,5H2,1H3. The van der Waals surface area contributed by atoms with Gasteiger partial charge in [-0.1, -0.05) is 189 Å². The van der Waals surface area contributed by atoms with Crippen LogP contribution in [0.5, 0.6) is 0 Å². The second kappa shape index (κ2) is 59.6. The molecule has 0 amide bonds. The number of rotatable bonds is 28. The molecule has 132 heavy (non-hydrogen) atoms. The van der Waals surface area contributed by atoms with Crippen molar-refractivity contribution in [2.75, 3.05) is 53.4 Å². The third-order valence-corrected chi connectivity index (χ3v) is 25.2. The third kappa shape index (κ3) is 43.4. The number of benzene rings is 9. The Morgan fingerprint density at radius 1 is 0.379 bits per heavy atom. The first-order valence-electron chi connectivity index (χ1n) is 41.6. The van der Waals surface area contributed by atoms with Crippen LogP contribution in [-0.2, 0) is 146 Å². The van der Waals surface area contributed by atoms with Crippen LogP contribution in [0.2, 0.25) is 20.5 Å². The molecule has 0 radical (unpaired) electrons. The predicted octanol–water partition coefficient (Wildman–Crippen LogP) is 24.3. The Hall–Kier alpha value is -3.99. The second-order valence-electron chi connectivity index (χ2n) is 31.6. The lowest BCUT2D eigenvalue weighted by atomic mass is 9.90. The van der Waals surface area contributed by atoms with E-state index in [2.05, 4.69) is 160 Å². The van der Waals surface area contributed by atoms with Gasteiger partial charge in [0.1, 0.15) is 40.7 Å². The zero-order valence-corrected chi connectivity index (χ0v) is 87.8. The van der Waals surface area contributed by atoms with Gasteiger partial charge in [-0.3, -0.25) is 0 Å². The summed E-state index contributed by atoms with van der Waals surface area (Å²) < 4.78 is 205. The summed E-state index contributed by atoms with van der Waals surface area (Å²) in [5.41, 5.74) is 7.69. The lowest BCUT2D eigenvalue weighted by molar-refractivity contribution is -0.0214. The van der Waals surface area contributed by atoms with Crippen molar-refractivity contribution in [2.24, 2.45) is 5.41 Å². The van der Waals surface area contributed by atoms with Crippen molar-refractivity contribution in [1.82, 2.24) is 0 Å². The molecule has 5 saturated heterocycles. The average Bonchev–Trinajstić information content (AvgIpc) is 1.64. The Bertz CT molecular complexity index is 4930. The molecular formula is C88H103B8Br8F7O21. The van der Waals surface area contributed by atoms with Crippen LogP contribution in [0, 0.1) is 53.1 Å². The first-order valence-corrected chi connectivity index (χ1v) is 48.0. The van der Waals surface area contributed by atoms with Crippen LogP contribution in [-0.4, -0.2) is 134 Å². The summed E-state index contributed by atoms with van der Waals surface area (Å²) in [6.45, 7) is 29.3. The first-order chi connectivity index (χ1) is 62.6. The highest BCUT2D eigenvalue weighted by atomic mass is 79.9. The van der Waals surface area contributed by atoms with Crippen molar-refractivity contribution in [3.8, 4) is 0 Å². The number of aryl methyl sites for hydroxylation is 1. The maximum absolute atomic E-state index is 13.2. The van der Waals surface area contributed by atoms with E-state index in [1.54, 1.807) is 56.4 Å². The van der Waals surface area contributed by atoms with Crippen molar-refractivity contribution >= 4 is 185 Å². The van der Waals surface area contributed by atoms with Gasteiger partial charge < -0.3 is 98.1 Å². The van der Waals surface area contributed by atoms with Gasteiger partial charge in [-0.15, -0.1) is 0 Å². The molecule has 9 aromatic rings. The minimum absolute atomic E-state index is 0.0132. The number of hydrogen-bond donors (Lipinski definition) is 1. The van der Waals surface area contributed by atoms with Gasteiger partial charge in [0.15, 0.2) is 0 Å². The minimum atomic E-state index is -0.838. The monoisotopic (exact) mass is 2350 g/mol. The summed E-state index contributed by atoms with van der Waals surface area (Å²) in [6.07, 6.45) is 0.937. The fraction of sp³-hybridized carbons (Fsp3) is 0.386. The smallest absolute Gasteiger partial charge is 0.427 e. The van der Waals surface area contributed by atoms with Gasteiger partial charge >= 0.3 is 58.0 Å². The summed E-state index contributed by atoms with van der Waals surface area (Å²) in [5, 5.41) is 8.84. The summed E-state index contributed by atoms with van der Waals surface area (Å²) in [7, 11) is -3.14. The highest BCUT2D eigenvalue weighted by Gasteiger charge is 2.53. The van der Waals surface area contributed by atoms with Crippen molar-refractivity contribution in [3.63, 3.8) is 0 Å². The van der Waals surface area contributed by atoms with Crippen LogP contribution in [0.3, 0.4) is 0 Å². The topological polar surface area (TPSA) is 205 Å². The molecule has 0 bridgehead atoms. The lowest BCUT2D eigenvalue weighted by Gasteiger charge is -2.32. The van der Waals surface area contributed by atoms with E-state index >= 15 is 0 Å². The van der Waals surface area contributed by atoms with E-state index in [9.17, 15) is 30.7 Å². The molecule has 710 valence electrons. The maximum Gasteiger partial charge on any atom is 0.640 e. The van der Waals surface area contributed by atoms with Crippen molar-refractivity contribution < 1.29 is 129 Å². The molecule has 44 heteroatoms. The Morgan fingerprint density at radius 3 is 1.03 bits per heavy atom. The van der Waals surface area contributed by atoms with Crippen LogP contribution in [0.15, 0.2) is 212 Å². The molecule has 21 nitrogen and oxygen atoms in total. The Balaban J connectivity index is 0.000000207. The van der Waals surface area contributed by atoms with E-state index in [0.717, 1.165) is 86.7 Å². The molecule has 0 aliphatic carbocycles. The molecule has 1 atom stereocenters. The largest absolute Gasteiger partial charge is 0.640 e. The molecule has 1 unspecified atom stereocenters. The Kier molecular flexibility index (Phi) is 51.9. The highest BCUT2D eigenvalue weighted by Crippen LogP contribution is 2.38. The van der Waals surface area contributed by atoms with Crippen LogP contribution in [0.1, 0.15) is 124 Å². The number of halogens is 15. The van der Waals surface area contributed by atoms with Crippen LogP contribution in [0.4, 0.5) is 30.7 Å². The van der Waals surface area contributed by atoms with Crippen molar-refractivity contribution in [2.45, 2.75) is 165 Å². The lowest BCUT2D eigenvalue weighted by Crippen LogP contribution is -2.42. The normalized spacial score (nSPS) is 15.7. The van der Waals surface area contributed by atoms with Crippen LogP contribution < -0.4 is 0 Å². The van der Waals surface area contributed by atoms with Crippen LogP contribution >= 0.6 is 127 Å². The molecule has 0 aromatic heterocycles. The van der Waals surface area contributed by atoms with Gasteiger partial charge in [-0.2, -0.15) is 0 Å². The van der Waals surface area contributed by atoms with Gasteiger partial charge in [0.05, 0.1) is 90.0 Å². The molecule has 14 rings (SSSR count). The molecule has 5 fully saturated rings. The second-order valence-corrected chi connectivity index (χ2v) is 38.4. The average molecular weight is 2360 g/mol. The van der Waals surface area contributed by atoms with E-state index < -0.39 is 54.9 Å². The Labute approximate surface area is 839 Å². The summed E-state index contributed by atoms with van der Waals surface area (Å²) >= 11 is 26.8. The molecule has 5 aliphatic rings. The predicted molar refractivity (Wildman–Crippen MR) is 526 cm³/mol. The summed E-state index contributed by atoms with van der Waals surface area (Å²) in [4.78, 5) is 0. The quantitative estimate of drug-likeness (QED) is 0.0357. The molecule has 0 spiro atoms. The number of hydrogen-bond acceptors (Lipinski definition) is 21. The zero-order valence-electron chi connectivity index (χ0n) is 75.1. The van der Waals surface area contributed by atoms with Gasteiger partial charge in [0.25, 0.3) is 0 Å². The van der Waals surface area contributed by atoms with E-state index in [1.165, 1.54) is 97.3 Å². The van der Waals surface area contributed by atoms with Gasteiger partial charge in [0, 0.05) is 80.8 Å². The first kappa shape index (κ1) is 115. The molecule has 5 aliphatic heterocycles. The van der Waals surface area contributed by atoms with E-state index in [-0.39, 0.29) is 106 Å². The van der Waals surface area contributed by atoms with Gasteiger partial charge in [-0.05, 0) is 259 Å².